The second kappa shape index (κ2) is 6.07. The van der Waals surface area contributed by atoms with Crippen molar-refractivity contribution >= 4 is 32.5 Å². The van der Waals surface area contributed by atoms with Crippen LogP contribution in [0.15, 0.2) is 28.9 Å². The fourth-order valence-electron chi connectivity index (χ4n) is 2.87. The molecule has 1 heterocycles. The molecule has 0 spiro atoms. The van der Waals surface area contributed by atoms with E-state index in [2.05, 4.69) is 20.9 Å². The van der Waals surface area contributed by atoms with E-state index in [4.69, 9.17) is 5.73 Å². The summed E-state index contributed by atoms with van der Waals surface area (Å²) in [5.41, 5.74) is 7.57. The highest BCUT2D eigenvalue weighted by Crippen LogP contribution is 2.38. The molecule has 2 rings (SSSR count). The smallest absolute Gasteiger partial charge is 0.291 e. The normalized spacial score (nSPS) is 14.4. The minimum Gasteiger partial charge on any atom is -0.327 e. The molecule has 0 aliphatic carbocycles. The molecule has 2 unspecified atom stereocenters. The summed E-state index contributed by atoms with van der Waals surface area (Å²) in [4.78, 5) is 15.2. The number of rotatable bonds is 4. The number of nitrogens with two attached hydrogens (primary N) is 1. The number of aromatic nitrogens is 1. The zero-order valence-corrected chi connectivity index (χ0v) is 13.8. The van der Waals surface area contributed by atoms with Gasteiger partial charge < -0.3 is 5.73 Å². The van der Waals surface area contributed by atoms with Crippen LogP contribution in [0.4, 0.5) is 5.69 Å². The maximum atomic E-state index is 11.4. The van der Waals surface area contributed by atoms with Crippen molar-refractivity contribution in [2.24, 2.45) is 11.7 Å². The predicted molar refractivity (Wildman–Crippen MR) is 87.3 cm³/mol. The summed E-state index contributed by atoms with van der Waals surface area (Å²) in [5.74, 6) is 0.0819. The summed E-state index contributed by atoms with van der Waals surface area (Å²) in [6.07, 6.45) is 1.34. The van der Waals surface area contributed by atoms with Crippen LogP contribution in [-0.4, -0.2) is 15.9 Å². The molecule has 1 aromatic carbocycles. The standard InChI is InChI=1S/C15H18BrN3O2/c1-8(2)14(9(3)17)15-11-6-10(16)4-5-12(11)18-7-13(15)19(20)21/h4-9,14H,17H2,1-3H3. The lowest BCUT2D eigenvalue weighted by Crippen LogP contribution is -2.29. The first-order chi connectivity index (χ1) is 9.82. The molecular weight excluding hydrogens is 334 g/mol. The number of nitro groups is 1. The number of fused-ring (bicyclic) bond motifs is 1. The molecule has 2 N–H and O–H groups in total. The summed E-state index contributed by atoms with van der Waals surface area (Å²) in [6.45, 7) is 5.95. The summed E-state index contributed by atoms with van der Waals surface area (Å²) in [7, 11) is 0. The second-order valence-electron chi connectivity index (χ2n) is 5.60. The fourth-order valence-corrected chi connectivity index (χ4v) is 3.24. The maximum absolute atomic E-state index is 11.4. The first-order valence-electron chi connectivity index (χ1n) is 6.81. The van der Waals surface area contributed by atoms with Gasteiger partial charge in [0.2, 0.25) is 0 Å². The number of benzene rings is 1. The molecule has 0 radical (unpaired) electrons. The molecule has 1 aromatic heterocycles. The average molecular weight is 352 g/mol. The molecule has 0 aliphatic rings. The fraction of sp³-hybridized carbons (Fsp3) is 0.400. The van der Waals surface area contributed by atoms with Crippen LogP contribution in [0.5, 0.6) is 0 Å². The van der Waals surface area contributed by atoms with Crippen LogP contribution < -0.4 is 5.73 Å². The number of hydrogen-bond acceptors (Lipinski definition) is 4. The van der Waals surface area contributed by atoms with Gasteiger partial charge in [-0.05, 0) is 31.0 Å². The average Bonchev–Trinajstić information content (AvgIpc) is 2.38. The van der Waals surface area contributed by atoms with Gasteiger partial charge >= 0.3 is 0 Å². The van der Waals surface area contributed by atoms with Crippen molar-refractivity contribution in [3.05, 3.63) is 44.5 Å². The number of hydrogen-bond donors (Lipinski definition) is 1. The highest BCUT2D eigenvalue weighted by Gasteiger charge is 2.30. The predicted octanol–water partition coefficient (Wildman–Crippen LogP) is 3.99. The Bertz CT molecular complexity index is 678. The molecule has 0 saturated heterocycles. The van der Waals surface area contributed by atoms with Gasteiger partial charge in [0.05, 0.1) is 10.4 Å². The van der Waals surface area contributed by atoms with E-state index in [1.54, 1.807) is 0 Å². The third-order valence-electron chi connectivity index (χ3n) is 3.67. The van der Waals surface area contributed by atoms with E-state index < -0.39 is 0 Å². The van der Waals surface area contributed by atoms with Gasteiger partial charge in [0.25, 0.3) is 5.69 Å². The maximum Gasteiger partial charge on any atom is 0.291 e. The zero-order valence-electron chi connectivity index (χ0n) is 12.2. The van der Waals surface area contributed by atoms with E-state index in [0.29, 0.717) is 5.56 Å². The van der Waals surface area contributed by atoms with Crippen LogP contribution in [-0.2, 0) is 0 Å². The van der Waals surface area contributed by atoms with Crippen LogP contribution in [0.3, 0.4) is 0 Å². The molecule has 2 aromatic rings. The highest BCUT2D eigenvalue weighted by atomic mass is 79.9. The zero-order chi connectivity index (χ0) is 15.7. The first kappa shape index (κ1) is 15.9. The van der Waals surface area contributed by atoms with E-state index in [9.17, 15) is 10.1 Å². The molecular formula is C15H18BrN3O2. The molecule has 0 fully saturated rings. The third-order valence-corrected chi connectivity index (χ3v) is 4.16. The highest BCUT2D eigenvalue weighted by molar-refractivity contribution is 9.10. The van der Waals surface area contributed by atoms with E-state index in [1.165, 1.54) is 6.20 Å². The Morgan fingerprint density at radius 3 is 2.52 bits per heavy atom. The van der Waals surface area contributed by atoms with Crippen LogP contribution in [0.2, 0.25) is 0 Å². The minimum absolute atomic E-state index is 0.0385. The van der Waals surface area contributed by atoms with E-state index >= 15 is 0 Å². The van der Waals surface area contributed by atoms with Crippen molar-refractivity contribution < 1.29 is 4.92 Å². The van der Waals surface area contributed by atoms with Crippen molar-refractivity contribution in [3.63, 3.8) is 0 Å². The Morgan fingerprint density at radius 1 is 1.33 bits per heavy atom. The Kier molecular flexibility index (Phi) is 4.58. The van der Waals surface area contributed by atoms with Crippen LogP contribution >= 0.6 is 15.9 Å². The molecule has 0 aliphatic heterocycles. The van der Waals surface area contributed by atoms with Crippen LogP contribution in [0.1, 0.15) is 32.3 Å². The van der Waals surface area contributed by atoms with Gasteiger partial charge in [-0.25, -0.2) is 4.98 Å². The molecule has 0 amide bonds. The molecule has 5 nitrogen and oxygen atoms in total. The lowest BCUT2D eigenvalue weighted by atomic mass is 9.81. The Balaban J connectivity index is 2.86. The van der Waals surface area contributed by atoms with Crippen molar-refractivity contribution in [1.82, 2.24) is 4.98 Å². The van der Waals surface area contributed by atoms with Gasteiger partial charge in [-0.2, -0.15) is 0 Å². The number of halogens is 1. The topological polar surface area (TPSA) is 82.0 Å². The molecule has 0 bridgehead atoms. The van der Waals surface area contributed by atoms with Gasteiger partial charge in [0, 0.05) is 27.4 Å². The number of nitrogens with zero attached hydrogens (tertiary/aromatic N) is 2. The third kappa shape index (κ3) is 3.06. The number of pyridine rings is 1. The molecule has 2 atom stereocenters. The SMILES string of the molecule is CC(C)C(c1c([N+](=O)[O-])cnc2ccc(Br)cc12)C(C)N. The quantitative estimate of drug-likeness (QED) is 0.666. The molecule has 0 saturated carbocycles. The van der Waals surface area contributed by atoms with Crippen LogP contribution in [0.25, 0.3) is 10.9 Å². The van der Waals surface area contributed by atoms with Crippen molar-refractivity contribution in [3.8, 4) is 0 Å². The van der Waals surface area contributed by atoms with Crippen molar-refractivity contribution in [2.45, 2.75) is 32.7 Å². The monoisotopic (exact) mass is 351 g/mol. The lowest BCUT2D eigenvalue weighted by molar-refractivity contribution is -0.386. The Labute approximate surface area is 131 Å². The Morgan fingerprint density at radius 2 is 2.00 bits per heavy atom. The van der Waals surface area contributed by atoms with Crippen molar-refractivity contribution in [2.75, 3.05) is 0 Å². The van der Waals surface area contributed by atoms with E-state index in [0.717, 1.165) is 15.4 Å². The Hall–Kier alpha value is -1.53. The van der Waals surface area contributed by atoms with Crippen LogP contribution in [0, 0.1) is 16.0 Å². The van der Waals surface area contributed by atoms with Gasteiger partial charge in [-0.1, -0.05) is 29.8 Å². The molecule has 112 valence electrons. The first-order valence-corrected chi connectivity index (χ1v) is 7.60. The largest absolute Gasteiger partial charge is 0.327 e. The molecule has 21 heavy (non-hydrogen) atoms. The summed E-state index contributed by atoms with van der Waals surface area (Å²) in [5, 5.41) is 12.2. The van der Waals surface area contributed by atoms with Crippen molar-refractivity contribution in [1.29, 1.82) is 0 Å². The second-order valence-corrected chi connectivity index (χ2v) is 6.52. The summed E-state index contributed by atoms with van der Waals surface area (Å²) < 4.78 is 0.866. The molecule has 6 heteroatoms. The van der Waals surface area contributed by atoms with Gasteiger partial charge in [-0.15, -0.1) is 0 Å². The van der Waals surface area contributed by atoms with Gasteiger partial charge in [-0.3, -0.25) is 10.1 Å². The van der Waals surface area contributed by atoms with E-state index in [-0.39, 0.29) is 28.5 Å². The minimum atomic E-state index is -0.375. The van der Waals surface area contributed by atoms with E-state index in [1.807, 2.05) is 39.0 Å². The summed E-state index contributed by atoms with van der Waals surface area (Å²) in [6, 6.07) is 5.42. The lowest BCUT2D eigenvalue weighted by Gasteiger charge is -2.26. The van der Waals surface area contributed by atoms with Gasteiger partial charge in [0.1, 0.15) is 6.20 Å². The van der Waals surface area contributed by atoms with Gasteiger partial charge in [0.15, 0.2) is 0 Å². The summed E-state index contributed by atoms with van der Waals surface area (Å²) >= 11 is 3.42.